The largest absolute Gasteiger partial charge is 0.550 e. The van der Waals surface area contributed by atoms with Crippen LogP contribution in [0, 0.1) is 0 Å². The molecule has 0 aromatic carbocycles. The average Bonchev–Trinajstić information content (AvgIpc) is 1.99. The first kappa shape index (κ1) is 14.8. The van der Waals surface area contributed by atoms with Crippen molar-refractivity contribution in [3.8, 4) is 0 Å². The summed E-state index contributed by atoms with van der Waals surface area (Å²) in [5.41, 5.74) is -1.97. The lowest BCUT2D eigenvalue weighted by Gasteiger charge is -2.41. The quantitative estimate of drug-likeness (QED) is 0.454. The van der Waals surface area contributed by atoms with E-state index in [1.807, 2.05) is 0 Å². The van der Waals surface area contributed by atoms with Crippen molar-refractivity contribution in [1.82, 2.24) is 0 Å². The Bertz CT molecular complexity index is 306. The fourth-order valence-corrected chi connectivity index (χ4v) is 1.81. The Morgan fingerprint density at radius 2 is 1.94 bits per heavy atom. The summed E-state index contributed by atoms with van der Waals surface area (Å²) in [6.45, 7) is 4.70. The van der Waals surface area contributed by atoms with Crippen molar-refractivity contribution in [1.29, 1.82) is 0 Å². The highest BCUT2D eigenvalue weighted by Crippen LogP contribution is 2.24. The highest BCUT2D eigenvalue weighted by Gasteiger charge is 2.47. The van der Waals surface area contributed by atoms with E-state index in [1.165, 1.54) is 6.08 Å². The minimum atomic E-state index is -1.97. The molecule has 0 aliphatic heterocycles. The van der Waals surface area contributed by atoms with Crippen LogP contribution in [0.4, 0.5) is 0 Å². The van der Waals surface area contributed by atoms with Crippen molar-refractivity contribution in [2.24, 2.45) is 0 Å². The van der Waals surface area contributed by atoms with Gasteiger partial charge in [0.2, 0.25) is 0 Å². The number of carboxylic acid groups (broad SMARTS) is 1. The number of carboxylic acids is 1. The van der Waals surface area contributed by atoms with Gasteiger partial charge in [-0.05, 0) is 13.0 Å². The molecule has 2 atom stereocenters. The number of quaternary nitrogens is 1. The molecule has 0 aromatic heterocycles. The summed E-state index contributed by atoms with van der Waals surface area (Å²) in [7, 11) is 5.24. The third kappa shape index (κ3) is 3.15. The topological polar surface area (TPSA) is 77.4 Å². The number of rotatable bonds is 6. The Kier molecular flexibility index (Phi) is 4.40. The van der Waals surface area contributed by atoms with Gasteiger partial charge in [-0.2, -0.15) is 0 Å². The molecule has 5 nitrogen and oxygen atoms in total. The van der Waals surface area contributed by atoms with Crippen LogP contribution in [-0.4, -0.2) is 54.1 Å². The van der Waals surface area contributed by atoms with E-state index in [2.05, 4.69) is 6.58 Å². The number of Topliss-reactive ketones (excluding diaryl/α,β-unsaturated/α-hetero) is 1. The zero-order chi connectivity index (χ0) is 13.1. The smallest absolute Gasteiger partial charge is 0.183 e. The number of hydrogen-bond donors (Lipinski definition) is 1. The van der Waals surface area contributed by atoms with Gasteiger partial charge in [-0.15, -0.1) is 0 Å². The van der Waals surface area contributed by atoms with Crippen molar-refractivity contribution >= 4 is 11.8 Å². The maximum absolute atomic E-state index is 11.4. The van der Waals surface area contributed by atoms with Crippen molar-refractivity contribution < 1.29 is 24.3 Å². The van der Waals surface area contributed by atoms with E-state index < -0.39 is 29.8 Å². The number of carbonyl (C=O) groups excluding carboxylic acids is 2. The minimum Gasteiger partial charge on any atom is -0.550 e. The third-order valence-corrected chi connectivity index (χ3v) is 2.57. The van der Waals surface area contributed by atoms with E-state index in [-0.39, 0.29) is 4.48 Å². The van der Waals surface area contributed by atoms with Crippen LogP contribution in [0.25, 0.3) is 0 Å². The zero-order valence-corrected chi connectivity index (χ0v) is 10.2. The maximum Gasteiger partial charge on any atom is 0.183 e. The van der Waals surface area contributed by atoms with E-state index >= 15 is 0 Å². The van der Waals surface area contributed by atoms with Gasteiger partial charge in [0.05, 0.1) is 21.1 Å². The summed E-state index contributed by atoms with van der Waals surface area (Å²) < 4.78 is 0.201. The molecule has 0 aromatic rings. The molecule has 2 unspecified atom stereocenters. The molecule has 5 heteroatoms. The third-order valence-electron chi connectivity index (χ3n) is 2.57. The van der Waals surface area contributed by atoms with Crippen LogP contribution in [-0.2, 0) is 9.59 Å². The van der Waals surface area contributed by atoms with Gasteiger partial charge >= 0.3 is 0 Å². The molecular formula is C11H19NO4. The van der Waals surface area contributed by atoms with Gasteiger partial charge in [0.1, 0.15) is 6.04 Å². The molecule has 0 amide bonds. The number of carbonyl (C=O) groups is 2. The minimum absolute atomic E-state index is 0.201. The summed E-state index contributed by atoms with van der Waals surface area (Å²) in [6.07, 6.45) is 0.666. The second-order valence-corrected chi connectivity index (χ2v) is 4.83. The Balaban J connectivity index is 5.40. The SMILES string of the molecule is C=CC(C(O)(CC(=O)[O-])C(C)=O)[N+](C)(C)C. The van der Waals surface area contributed by atoms with Crippen molar-refractivity contribution in [3.05, 3.63) is 12.7 Å². The molecule has 0 radical (unpaired) electrons. The second-order valence-electron chi connectivity index (χ2n) is 4.83. The van der Waals surface area contributed by atoms with Gasteiger partial charge in [0.15, 0.2) is 11.4 Å². The molecule has 1 N–H and O–H groups in total. The predicted molar refractivity (Wildman–Crippen MR) is 57.3 cm³/mol. The molecule has 0 bridgehead atoms. The first-order chi connectivity index (χ1) is 7.05. The molecule has 0 fully saturated rings. The highest BCUT2D eigenvalue weighted by atomic mass is 16.4. The first-order valence-electron chi connectivity index (χ1n) is 4.92. The van der Waals surface area contributed by atoms with Gasteiger partial charge in [0, 0.05) is 12.4 Å². The summed E-state index contributed by atoms with van der Waals surface area (Å²) in [4.78, 5) is 22.1. The number of hydrogen-bond acceptors (Lipinski definition) is 4. The molecule has 0 spiro atoms. The molecule has 0 saturated carbocycles. The lowest BCUT2D eigenvalue weighted by molar-refractivity contribution is -0.895. The van der Waals surface area contributed by atoms with Gasteiger partial charge < -0.3 is 19.5 Å². The normalized spacial score (nSPS) is 17.3. The Labute approximate surface area is 95.6 Å². The molecule has 0 heterocycles. The van der Waals surface area contributed by atoms with Crippen LogP contribution in [0.5, 0.6) is 0 Å². The fraction of sp³-hybridized carbons (Fsp3) is 0.636. The summed E-state index contributed by atoms with van der Waals surface area (Å²) >= 11 is 0. The first-order valence-corrected chi connectivity index (χ1v) is 4.92. The van der Waals surface area contributed by atoms with Crippen LogP contribution in [0.1, 0.15) is 13.3 Å². The van der Waals surface area contributed by atoms with Crippen LogP contribution >= 0.6 is 0 Å². The van der Waals surface area contributed by atoms with Crippen molar-refractivity contribution in [2.75, 3.05) is 21.1 Å². The van der Waals surface area contributed by atoms with Crippen LogP contribution in [0.3, 0.4) is 0 Å². The van der Waals surface area contributed by atoms with E-state index in [0.29, 0.717) is 0 Å². The van der Waals surface area contributed by atoms with E-state index in [4.69, 9.17) is 0 Å². The number of aliphatic carboxylic acids is 1. The zero-order valence-electron chi connectivity index (χ0n) is 10.2. The molecular weight excluding hydrogens is 210 g/mol. The van der Waals surface area contributed by atoms with Crippen molar-refractivity contribution in [3.63, 3.8) is 0 Å². The van der Waals surface area contributed by atoms with Crippen LogP contribution in [0.15, 0.2) is 12.7 Å². The van der Waals surface area contributed by atoms with Crippen LogP contribution < -0.4 is 5.11 Å². The lowest BCUT2D eigenvalue weighted by atomic mass is 9.85. The lowest BCUT2D eigenvalue weighted by Crippen LogP contribution is -2.62. The highest BCUT2D eigenvalue weighted by molar-refractivity contribution is 5.89. The molecule has 0 rings (SSSR count). The van der Waals surface area contributed by atoms with E-state index in [1.54, 1.807) is 21.1 Å². The Morgan fingerprint density at radius 3 is 2.12 bits per heavy atom. The summed E-state index contributed by atoms with van der Waals surface area (Å²) in [5, 5.41) is 20.8. The second kappa shape index (κ2) is 4.76. The monoisotopic (exact) mass is 229 g/mol. The average molecular weight is 229 g/mol. The molecule has 0 aliphatic rings. The molecule has 0 saturated heterocycles. The van der Waals surface area contributed by atoms with E-state index in [9.17, 15) is 19.8 Å². The van der Waals surface area contributed by atoms with Gasteiger partial charge in [-0.25, -0.2) is 0 Å². The standard InChI is InChI=1S/C11H19NO4/c1-6-9(12(3,4)5)11(16,8(2)13)7-10(14)15/h6,9,16H,1,7H2,2-5H3. The fourth-order valence-electron chi connectivity index (χ4n) is 1.81. The number of ketones is 1. The molecule has 92 valence electrons. The van der Waals surface area contributed by atoms with E-state index in [0.717, 1.165) is 6.92 Å². The Hall–Kier alpha value is -1.20. The molecule has 16 heavy (non-hydrogen) atoms. The number of aliphatic hydroxyl groups is 1. The van der Waals surface area contributed by atoms with Crippen molar-refractivity contribution in [2.45, 2.75) is 25.0 Å². The number of nitrogens with zero attached hydrogens (tertiary/aromatic N) is 1. The number of likely N-dealkylation sites (N-methyl/N-ethyl adjacent to an activating group) is 1. The summed E-state index contributed by atoms with van der Waals surface area (Å²) in [5.74, 6) is -2.06. The molecule has 0 aliphatic carbocycles. The van der Waals surface area contributed by atoms with Gasteiger partial charge in [0.25, 0.3) is 0 Å². The van der Waals surface area contributed by atoms with Gasteiger partial charge in [-0.3, -0.25) is 4.79 Å². The van der Waals surface area contributed by atoms with Gasteiger partial charge in [-0.1, -0.05) is 6.58 Å². The Morgan fingerprint density at radius 1 is 1.50 bits per heavy atom. The summed E-state index contributed by atoms with van der Waals surface area (Å²) in [6, 6.07) is -0.706. The predicted octanol–water partition coefficient (Wildman–Crippen LogP) is -1.29. The van der Waals surface area contributed by atoms with Crippen LogP contribution in [0.2, 0.25) is 0 Å². The maximum atomic E-state index is 11.4.